The van der Waals surface area contributed by atoms with Crippen LogP contribution in [0.15, 0.2) is 0 Å². The number of nitrogens with one attached hydrogen (secondary N) is 3. The van der Waals surface area contributed by atoms with Gasteiger partial charge in [0.2, 0.25) is 11.8 Å². The van der Waals surface area contributed by atoms with E-state index in [4.69, 9.17) is 5.73 Å². The largest absolute Gasteiger partial charge is 0.522 e. The number of rotatable bonds is 10. The number of halogens is 3. The first kappa shape index (κ1) is 26.3. The van der Waals surface area contributed by atoms with E-state index in [2.05, 4.69) is 20.7 Å². The number of ether oxygens (including phenoxy) is 1. The SMILES string of the molecule is CC(C)C[C@H](NC(=O)C(N)=O)C(=O)N[C@@H](C[C@@H]1CCCNC1=O)C(=O)COC(F)(F)F. The second-order valence-corrected chi connectivity index (χ2v) is 7.65. The van der Waals surface area contributed by atoms with E-state index in [9.17, 15) is 37.1 Å². The van der Waals surface area contributed by atoms with Crippen molar-refractivity contribution in [3.63, 3.8) is 0 Å². The molecule has 0 aliphatic carbocycles. The molecule has 0 aromatic heterocycles. The zero-order valence-electron chi connectivity index (χ0n) is 17.2. The van der Waals surface area contributed by atoms with Gasteiger partial charge in [0.1, 0.15) is 12.6 Å². The molecule has 3 atom stereocenters. The molecule has 0 radical (unpaired) electrons. The van der Waals surface area contributed by atoms with Crippen molar-refractivity contribution in [3.05, 3.63) is 0 Å². The maximum absolute atomic E-state index is 12.7. The van der Waals surface area contributed by atoms with E-state index in [0.29, 0.717) is 19.4 Å². The maximum Gasteiger partial charge on any atom is 0.522 e. The lowest BCUT2D eigenvalue weighted by Gasteiger charge is -2.28. The van der Waals surface area contributed by atoms with Crippen molar-refractivity contribution in [1.82, 2.24) is 16.0 Å². The fraction of sp³-hybridized carbons (Fsp3) is 0.722. The minimum Gasteiger partial charge on any atom is -0.361 e. The maximum atomic E-state index is 12.7. The van der Waals surface area contributed by atoms with Gasteiger partial charge in [-0.1, -0.05) is 13.8 Å². The van der Waals surface area contributed by atoms with Crippen LogP contribution in [0.1, 0.15) is 39.5 Å². The highest BCUT2D eigenvalue weighted by Gasteiger charge is 2.35. The smallest absolute Gasteiger partial charge is 0.361 e. The van der Waals surface area contributed by atoms with Crippen LogP contribution in [0.4, 0.5) is 13.2 Å². The van der Waals surface area contributed by atoms with E-state index < -0.39 is 54.5 Å². The van der Waals surface area contributed by atoms with Gasteiger partial charge in [-0.15, -0.1) is 13.2 Å². The van der Waals surface area contributed by atoms with Gasteiger partial charge in [0, 0.05) is 12.5 Å². The van der Waals surface area contributed by atoms with E-state index in [-0.39, 0.29) is 24.7 Å². The highest BCUT2D eigenvalue weighted by molar-refractivity contribution is 6.34. The van der Waals surface area contributed by atoms with Crippen molar-refractivity contribution in [2.24, 2.45) is 17.6 Å². The van der Waals surface area contributed by atoms with Crippen LogP contribution in [-0.2, 0) is 28.7 Å². The first-order chi connectivity index (χ1) is 14.3. The molecule has 0 unspecified atom stereocenters. The second-order valence-electron chi connectivity index (χ2n) is 7.65. The zero-order valence-corrected chi connectivity index (χ0v) is 17.2. The molecule has 13 heteroatoms. The summed E-state index contributed by atoms with van der Waals surface area (Å²) in [5, 5.41) is 7.01. The minimum atomic E-state index is -5.05. The Morgan fingerprint density at radius 1 is 1.19 bits per heavy atom. The fourth-order valence-corrected chi connectivity index (χ4v) is 3.07. The average Bonchev–Trinajstić information content (AvgIpc) is 2.65. The average molecular weight is 452 g/mol. The number of hydrogen-bond acceptors (Lipinski definition) is 6. The van der Waals surface area contributed by atoms with Gasteiger partial charge < -0.3 is 21.7 Å². The number of amides is 4. The minimum absolute atomic E-state index is 0.0642. The van der Waals surface area contributed by atoms with Crippen LogP contribution in [0.25, 0.3) is 0 Å². The summed E-state index contributed by atoms with van der Waals surface area (Å²) >= 11 is 0. The van der Waals surface area contributed by atoms with E-state index in [1.54, 1.807) is 13.8 Å². The van der Waals surface area contributed by atoms with Gasteiger partial charge in [-0.3, -0.25) is 28.7 Å². The number of piperidine rings is 1. The predicted molar refractivity (Wildman–Crippen MR) is 99.9 cm³/mol. The first-order valence-electron chi connectivity index (χ1n) is 9.72. The molecule has 0 bridgehead atoms. The van der Waals surface area contributed by atoms with Crippen molar-refractivity contribution in [2.45, 2.75) is 58.0 Å². The molecule has 0 aromatic rings. The molecule has 5 N–H and O–H groups in total. The van der Waals surface area contributed by atoms with Gasteiger partial charge in [0.15, 0.2) is 5.78 Å². The standard InChI is InChI=1S/C18H27F3N4O6/c1-9(2)6-12(25-17(30)14(22)27)16(29)24-11(13(26)8-31-18(19,20)21)7-10-4-3-5-23-15(10)28/h9-12H,3-8H2,1-2H3,(H2,22,27)(H,23,28)(H,24,29)(H,25,30)/t10-,11-,12-/m0/s1. The van der Waals surface area contributed by atoms with Crippen molar-refractivity contribution < 1.29 is 41.9 Å². The Balaban J connectivity index is 2.98. The Morgan fingerprint density at radius 3 is 2.35 bits per heavy atom. The molecule has 1 rings (SSSR count). The van der Waals surface area contributed by atoms with Gasteiger partial charge in [-0.25, -0.2) is 0 Å². The quantitative estimate of drug-likeness (QED) is 0.328. The van der Waals surface area contributed by atoms with E-state index in [0.717, 1.165) is 0 Å². The van der Waals surface area contributed by atoms with Gasteiger partial charge in [-0.05, 0) is 31.6 Å². The molecule has 1 aliphatic rings. The fourth-order valence-electron chi connectivity index (χ4n) is 3.07. The lowest BCUT2D eigenvalue weighted by Crippen LogP contribution is -2.55. The third-order valence-corrected chi connectivity index (χ3v) is 4.56. The number of carbonyl (C=O) groups excluding carboxylic acids is 5. The Morgan fingerprint density at radius 2 is 1.84 bits per heavy atom. The number of hydrogen-bond donors (Lipinski definition) is 4. The zero-order chi connectivity index (χ0) is 23.8. The first-order valence-corrected chi connectivity index (χ1v) is 9.72. The Labute approximate surface area is 176 Å². The summed E-state index contributed by atoms with van der Waals surface area (Å²) in [5.74, 6) is -5.75. The lowest BCUT2D eigenvalue weighted by atomic mass is 9.90. The molecule has 1 aliphatic heterocycles. The number of ketones is 1. The summed E-state index contributed by atoms with van der Waals surface area (Å²) < 4.78 is 40.6. The molecular weight excluding hydrogens is 425 g/mol. The molecule has 0 spiro atoms. The highest BCUT2D eigenvalue weighted by Crippen LogP contribution is 2.20. The molecule has 4 amide bonds. The molecule has 10 nitrogen and oxygen atoms in total. The van der Waals surface area contributed by atoms with Gasteiger partial charge in [-0.2, -0.15) is 0 Å². The number of nitrogens with two attached hydrogens (primary N) is 1. The third-order valence-electron chi connectivity index (χ3n) is 4.56. The van der Waals surface area contributed by atoms with Crippen LogP contribution in [0.2, 0.25) is 0 Å². The molecular formula is C18H27F3N4O6. The molecule has 176 valence electrons. The van der Waals surface area contributed by atoms with Crippen molar-refractivity contribution in [1.29, 1.82) is 0 Å². The van der Waals surface area contributed by atoms with E-state index in [1.807, 2.05) is 0 Å². The Bertz CT molecular complexity index is 698. The number of carbonyl (C=O) groups is 5. The van der Waals surface area contributed by atoms with Crippen LogP contribution in [0.3, 0.4) is 0 Å². The molecule has 1 heterocycles. The number of Topliss-reactive ketones (excluding diaryl/α,β-unsaturated/α-hetero) is 1. The van der Waals surface area contributed by atoms with Gasteiger partial charge in [0.25, 0.3) is 0 Å². The summed E-state index contributed by atoms with van der Waals surface area (Å²) in [6.45, 7) is 2.53. The summed E-state index contributed by atoms with van der Waals surface area (Å²) in [6.07, 6.45) is -4.24. The van der Waals surface area contributed by atoms with Crippen LogP contribution in [0.5, 0.6) is 0 Å². The highest BCUT2D eigenvalue weighted by atomic mass is 19.4. The summed E-state index contributed by atoms with van der Waals surface area (Å²) in [6, 6.07) is -2.73. The van der Waals surface area contributed by atoms with E-state index >= 15 is 0 Å². The molecule has 31 heavy (non-hydrogen) atoms. The van der Waals surface area contributed by atoms with Crippen molar-refractivity contribution in [2.75, 3.05) is 13.2 Å². The third kappa shape index (κ3) is 9.77. The lowest BCUT2D eigenvalue weighted by molar-refractivity contribution is -0.321. The van der Waals surface area contributed by atoms with Crippen molar-refractivity contribution >= 4 is 29.4 Å². The summed E-state index contributed by atoms with van der Waals surface area (Å²) in [4.78, 5) is 59.6. The topological polar surface area (TPSA) is 157 Å². The van der Waals surface area contributed by atoms with Crippen LogP contribution in [0, 0.1) is 11.8 Å². The number of alkyl halides is 3. The molecule has 1 saturated heterocycles. The van der Waals surface area contributed by atoms with Gasteiger partial charge in [0.05, 0.1) is 6.04 Å². The van der Waals surface area contributed by atoms with Crippen molar-refractivity contribution in [3.8, 4) is 0 Å². The normalized spacial score (nSPS) is 18.6. The summed E-state index contributed by atoms with van der Waals surface area (Å²) in [7, 11) is 0. The predicted octanol–water partition coefficient (Wildman–Crippen LogP) is -0.491. The number of primary amides is 1. The second kappa shape index (κ2) is 11.6. The molecule has 0 aromatic carbocycles. The monoisotopic (exact) mass is 452 g/mol. The molecule has 0 saturated carbocycles. The molecule has 1 fully saturated rings. The summed E-state index contributed by atoms with van der Waals surface area (Å²) in [5.41, 5.74) is 4.88. The van der Waals surface area contributed by atoms with Gasteiger partial charge >= 0.3 is 18.2 Å². The van der Waals surface area contributed by atoms with Crippen LogP contribution in [-0.4, -0.2) is 61.0 Å². The Kier molecular flexibility index (Phi) is 9.88. The Hall–Kier alpha value is -2.70. The van der Waals surface area contributed by atoms with Crippen LogP contribution >= 0.6 is 0 Å². The van der Waals surface area contributed by atoms with E-state index in [1.165, 1.54) is 0 Å². The van der Waals surface area contributed by atoms with Crippen LogP contribution < -0.4 is 21.7 Å².